The summed E-state index contributed by atoms with van der Waals surface area (Å²) in [6, 6.07) is 8.98. The Morgan fingerprint density at radius 3 is 2.50 bits per heavy atom. The largest absolute Gasteiger partial charge is 0.293 e. The maximum atomic E-state index is 12.0. The molecule has 1 saturated carbocycles. The van der Waals surface area contributed by atoms with Crippen molar-refractivity contribution in [3.05, 3.63) is 35.4 Å². The molecule has 94 valence electrons. The average molecular weight is 259 g/mol. The fourth-order valence-electron chi connectivity index (χ4n) is 2.24. The Morgan fingerprint density at radius 2 is 1.89 bits per heavy atom. The summed E-state index contributed by atoms with van der Waals surface area (Å²) in [4.78, 5) is 12.0. The molecule has 0 amide bonds. The molecule has 0 saturated heterocycles. The third-order valence-electron chi connectivity index (χ3n) is 3.34. The van der Waals surface area contributed by atoms with Gasteiger partial charge in [-0.05, 0) is 25.0 Å². The third kappa shape index (κ3) is 3.61. The number of benzene rings is 1. The minimum Gasteiger partial charge on any atom is -0.293 e. The molecule has 1 aliphatic carbocycles. The molecule has 1 aromatic rings. The van der Waals surface area contributed by atoms with Gasteiger partial charge in [0.05, 0.1) is 17.4 Å². The standard InChI is InChI=1S/C15H17NOS/c16-10-12-6-8-13(9-7-12)15(17)11-18-14-4-2-1-3-5-14/h6-9,14H,1-5,11H2. The van der Waals surface area contributed by atoms with Crippen molar-refractivity contribution in [2.45, 2.75) is 37.4 Å². The molecule has 0 N–H and O–H groups in total. The summed E-state index contributed by atoms with van der Waals surface area (Å²) >= 11 is 1.80. The van der Waals surface area contributed by atoms with Gasteiger partial charge in [-0.3, -0.25) is 4.79 Å². The Bertz CT molecular complexity index is 441. The van der Waals surface area contributed by atoms with Crippen LogP contribution in [0.3, 0.4) is 0 Å². The monoisotopic (exact) mass is 259 g/mol. The van der Waals surface area contributed by atoms with E-state index in [9.17, 15) is 4.79 Å². The minimum absolute atomic E-state index is 0.176. The van der Waals surface area contributed by atoms with Crippen LogP contribution in [0.25, 0.3) is 0 Å². The van der Waals surface area contributed by atoms with Gasteiger partial charge in [-0.15, -0.1) is 0 Å². The first-order valence-corrected chi connectivity index (χ1v) is 7.49. The molecule has 1 aliphatic rings. The predicted octanol–water partition coefficient (Wildman–Crippen LogP) is 3.81. The van der Waals surface area contributed by atoms with Crippen LogP contribution in [-0.4, -0.2) is 16.8 Å². The van der Waals surface area contributed by atoms with E-state index in [0.717, 1.165) is 5.56 Å². The highest BCUT2D eigenvalue weighted by atomic mass is 32.2. The lowest BCUT2D eigenvalue weighted by molar-refractivity contribution is 0.102. The maximum Gasteiger partial charge on any atom is 0.172 e. The Morgan fingerprint density at radius 1 is 1.22 bits per heavy atom. The smallest absolute Gasteiger partial charge is 0.172 e. The molecule has 0 bridgehead atoms. The number of carbonyl (C=O) groups excluding carboxylic acids is 1. The molecule has 0 aromatic heterocycles. The Balaban J connectivity index is 1.85. The van der Waals surface area contributed by atoms with Crippen LogP contribution in [0, 0.1) is 11.3 Å². The summed E-state index contributed by atoms with van der Waals surface area (Å²) in [6.07, 6.45) is 6.47. The fraction of sp³-hybridized carbons (Fsp3) is 0.467. The molecule has 0 aliphatic heterocycles. The number of hydrogen-bond donors (Lipinski definition) is 0. The van der Waals surface area contributed by atoms with E-state index >= 15 is 0 Å². The summed E-state index contributed by atoms with van der Waals surface area (Å²) in [6.45, 7) is 0. The summed E-state index contributed by atoms with van der Waals surface area (Å²) in [5, 5.41) is 9.37. The number of nitriles is 1. The van der Waals surface area contributed by atoms with Gasteiger partial charge in [0.1, 0.15) is 0 Å². The van der Waals surface area contributed by atoms with Gasteiger partial charge in [0.25, 0.3) is 0 Å². The van der Waals surface area contributed by atoms with Crippen molar-refractivity contribution in [2.24, 2.45) is 0 Å². The van der Waals surface area contributed by atoms with E-state index in [1.807, 2.05) is 0 Å². The fourth-order valence-corrected chi connectivity index (χ4v) is 3.46. The highest BCUT2D eigenvalue weighted by Gasteiger charge is 2.15. The average Bonchev–Trinajstić information content (AvgIpc) is 2.46. The summed E-state index contributed by atoms with van der Waals surface area (Å²) in [5.74, 6) is 0.742. The van der Waals surface area contributed by atoms with Crippen LogP contribution in [0.15, 0.2) is 24.3 Å². The summed E-state index contributed by atoms with van der Waals surface area (Å²) < 4.78 is 0. The van der Waals surface area contributed by atoms with Crippen molar-refractivity contribution in [1.29, 1.82) is 5.26 Å². The van der Waals surface area contributed by atoms with Gasteiger partial charge in [0, 0.05) is 10.8 Å². The van der Waals surface area contributed by atoms with Crippen molar-refractivity contribution in [3.63, 3.8) is 0 Å². The van der Waals surface area contributed by atoms with Crippen molar-refractivity contribution < 1.29 is 4.79 Å². The zero-order chi connectivity index (χ0) is 12.8. The number of carbonyl (C=O) groups is 1. The van der Waals surface area contributed by atoms with Gasteiger partial charge in [0.15, 0.2) is 5.78 Å². The normalized spacial score (nSPS) is 16.2. The number of hydrogen-bond acceptors (Lipinski definition) is 3. The molecule has 3 heteroatoms. The van der Waals surface area contributed by atoms with Crippen LogP contribution in [0.4, 0.5) is 0 Å². The first-order chi connectivity index (χ1) is 8.79. The molecule has 0 atom stereocenters. The maximum absolute atomic E-state index is 12.0. The quantitative estimate of drug-likeness (QED) is 0.772. The molecule has 0 radical (unpaired) electrons. The summed E-state index contributed by atoms with van der Waals surface area (Å²) in [5.41, 5.74) is 1.32. The van der Waals surface area contributed by atoms with Crippen molar-refractivity contribution in [2.75, 3.05) is 5.75 Å². The van der Waals surface area contributed by atoms with Crippen LogP contribution in [0.2, 0.25) is 0 Å². The Hall–Kier alpha value is -1.27. The number of ketones is 1. The number of Topliss-reactive ketones (excluding diaryl/α,β-unsaturated/α-hetero) is 1. The van der Waals surface area contributed by atoms with E-state index in [0.29, 0.717) is 16.6 Å². The van der Waals surface area contributed by atoms with Gasteiger partial charge in [0.2, 0.25) is 0 Å². The van der Waals surface area contributed by atoms with Crippen LogP contribution in [-0.2, 0) is 0 Å². The summed E-state index contributed by atoms with van der Waals surface area (Å²) in [7, 11) is 0. The van der Waals surface area contributed by atoms with Gasteiger partial charge >= 0.3 is 0 Å². The van der Waals surface area contributed by atoms with Crippen molar-refractivity contribution >= 4 is 17.5 Å². The first-order valence-electron chi connectivity index (χ1n) is 6.44. The third-order valence-corrected chi connectivity index (χ3v) is 4.71. The van der Waals surface area contributed by atoms with E-state index in [2.05, 4.69) is 6.07 Å². The number of rotatable bonds is 4. The molecule has 1 aromatic carbocycles. The molecule has 2 nitrogen and oxygen atoms in total. The topological polar surface area (TPSA) is 40.9 Å². The second-order valence-electron chi connectivity index (χ2n) is 4.68. The second-order valence-corrected chi connectivity index (χ2v) is 5.97. The van der Waals surface area contributed by atoms with Crippen LogP contribution < -0.4 is 0 Å². The van der Waals surface area contributed by atoms with E-state index < -0.39 is 0 Å². The van der Waals surface area contributed by atoms with E-state index in [1.165, 1.54) is 32.1 Å². The van der Waals surface area contributed by atoms with Crippen LogP contribution in [0.1, 0.15) is 48.0 Å². The first kappa shape index (κ1) is 13.2. The molecule has 2 rings (SSSR count). The molecule has 18 heavy (non-hydrogen) atoms. The van der Waals surface area contributed by atoms with Gasteiger partial charge in [-0.1, -0.05) is 31.4 Å². The molecular formula is C15H17NOS. The van der Waals surface area contributed by atoms with Gasteiger partial charge < -0.3 is 0 Å². The highest BCUT2D eigenvalue weighted by Crippen LogP contribution is 2.28. The van der Waals surface area contributed by atoms with Crippen LogP contribution >= 0.6 is 11.8 Å². The van der Waals surface area contributed by atoms with E-state index in [-0.39, 0.29) is 5.78 Å². The lowest BCUT2D eigenvalue weighted by atomic mass is 10.0. The second kappa shape index (κ2) is 6.61. The molecule has 0 heterocycles. The lowest BCUT2D eigenvalue weighted by Gasteiger charge is -2.20. The van der Waals surface area contributed by atoms with Crippen LogP contribution in [0.5, 0.6) is 0 Å². The zero-order valence-electron chi connectivity index (χ0n) is 10.4. The Kier molecular flexibility index (Phi) is 4.83. The van der Waals surface area contributed by atoms with Crippen molar-refractivity contribution in [1.82, 2.24) is 0 Å². The predicted molar refractivity (Wildman–Crippen MR) is 74.8 cm³/mol. The number of nitrogens with zero attached hydrogens (tertiary/aromatic N) is 1. The van der Waals surface area contributed by atoms with Gasteiger partial charge in [-0.2, -0.15) is 17.0 Å². The van der Waals surface area contributed by atoms with E-state index in [1.54, 1.807) is 36.0 Å². The molecule has 0 unspecified atom stereocenters. The lowest BCUT2D eigenvalue weighted by Crippen LogP contribution is -2.12. The molecule has 1 fully saturated rings. The minimum atomic E-state index is 0.176. The zero-order valence-corrected chi connectivity index (χ0v) is 11.2. The molecular weight excluding hydrogens is 242 g/mol. The van der Waals surface area contributed by atoms with Gasteiger partial charge in [-0.25, -0.2) is 0 Å². The van der Waals surface area contributed by atoms with Crippen molar-refractivity contribution in [3.8, 4) is 6.07 Å². The van der Waals surface area contributed by atoms with E-state index in [4.69, 9.17) is 5.26 Å². The SMILES string of the molecule is N#Cc1ccc(C(=O)CSC2CCCCC2)cc1. The molecule has 0 spiro atoms. The Labute approximate surface area is 112 Å². The highest BCUT2D eigenvalue weighted by molar-refractivity contribution is 8.00. The number of thioether (sulfide) groups is 1.